The molecule has 3 unspecified atom stereocenters. The fourth-order valence-corrected chi connectivity index (χ4v) is 9.26. The number of ether oxygens (including phenoxy) is 2. The fourth-order valence-electron chi connectivity index (χ4n) is 9.26. The van der Waals surface area contributed by atoms with Crippen LogP contribution in [0.15, 0.2) is 35.4 Å². The van der Waals surface area contributed by atoms with Crippen molar-refractivity contribution in [3.05, 3.63) is 46.5 Å². The number of carbonyl (C=O) groups excluding carboxylic acids is 1. The highest BCUT2D eigenvalue weighted by Crippen LogP contribution is 2.71. The maximum atomic E-state index is 15.2. The fraction of sp³-hybridized carbons (Fsp3) is 0.727. The molecule has 43 heavy (non-hydrogen) atoms. The van der Waals surface area contributed by atoms with E-state index in [1.165, 1.54) is 13.8 Å². The minimum absolute atomic E-state index is 0.0276. The molecular weight excluding hydrogens is 571 g/mol. The standard InChI is InChI=1S/C33H41F5O5/c1-19(39)20-5-7-21(8-6-20)23-15-28(4)24(11-14-31(28,41)32(34,35)33(36,37)38)22-9-12-29(40)16-30(13-10-25(29)26(22)23)42-17-27(2,3)18-43-30/h5-8,22-24,40-41H,9-18H2,1-4H3/t22?,23-,24?,28+,29?,31+/m1/s1. The molecule has 0 amide bonds. The average molecular weight is 613 g/mol. The number of rotatable bonds is 3. The lowest BCUT2D eigenvalue weighted by Crippen LogP contribution is -2.65. The van der Waals surface area contributed by atoms with Crippen molar-refractivity contribution in [2.24, 2.45) is 22.7 Å². The van der Waals surface area contributed by atoms with E-state index in [-0.39, 0.29) is 36.4 Å². The molecule has 1 saturated heterocycles. The van der Waals surface area contributed by atoms with Crippen LogP contribution < -0.4 is 0 Å². The first-order valence-corrected chi connectivity index (χ1v) is 15.3. The highest BCUT2D eigenvalue weighted by Gasteiger charge is 2.79. The first-order chi connectivity index (χ1) is 19.8. The third-order valence-corrected chi connectivity index (χ3v) is 11.6. The molecule has 2 N–H and O–H groups in total. The maximum absolute atomic E-state index is 15.2. The second-order valence-electron chi connectivity index (χ2n) is 14.9. The molecule has 1 heterocycles. The van der Waals surface area contributed by atoms with Gasteiger partial charge in [0.1, 0.15) is 5.60 Å². The third-order valence-electron chi connectivity index (χ3n) is 11.6. The molecule has 10 heteroatoms. The van der Waals surface area contributed by atoms with E-state index in [1.54, 1.807) is 24.3 Å². The van der Waals surface area contributed by atoms with Gasteiger partial charge in [-0.1, -0.05) is 50.6 Å². The van der Waals surface area contributed by atoms with Gasteiger partial charge >= 0.3 is 12.1 Å². The van der Waals surface area contributed by atoms with Gasteiger partial charge in [0.15, 0.2) is 11.6 Å². The molecule has 238 valence electrons. The molecule has 6 atom stereocenters. The van der Waals surface area contributed by atoms with Crippen LogP contribution in [-0.4, -0.2) is 58.3 Å². The van der Waals surface area contributed by atoms with Gasteiger partial charge in [0.2, 0.25) is 0 Å². The number of Topliss-reactive ketones (excluding diaryl/α,β-unsaturated/α-hetero) is 1. The largest absolute Gasteiger partial charge is 0.456 e. The minimum Gasteiger partial charge on any atom is -0.385 e. The van der Waals surface area contributed by atoms with E-state index in [4.69, 9.17) is 9.47 Å². The zero-order valence-electron chi connectivity index (χ0n) is 25.1. The normalized spacial score (nSPS) is 38.8. The molecule has 3 saturated carbocycles. The molecule has 5 nitrogen and oxygen atoms in total. The van der Waals surface area contributed by atoms with E-state index in [9.17, 15) is 28.2 Å². The van der Waals surface area contributed by atoms with Crippen molar-refractivity contribution >= 4 is 5.78 Å². The Bertz CT molecular complexity index is 1330. The number of allylic oxidation sites excluding steroid dienone is 1. The van der Waals surface area contributed by atoms with Gasteiger partial charge in [-0.2, -0.15) is 22.0 Å². The third kappa shape index (κ3) is 4.48. The Labute approximate surface area is 248 Å². The zero-order valence-corrected chi connectivity index (χ0v) is 25.1. The van der Waals surface area contributed by atoms with Gasteiger partial charge in [-0.3, -0.25) is 4.79 Å². The van der Waals surface area contributed by atoms with Crippen molar-refractivity contribution in [1.29, 1.82) is 0 Å². The topological polar surface area (TPSA) is 76.0 Å². The summed E-state index contributed by atoms with van der Waals surface area (Å²) < 4.78 is 84.4. The Hall–Kier alpha value is -1.88. The van der Waals surface area contributed by atoms with Gasteiger partial charge in [-0.15, -0.1) is 0 Å². The van der Waals surface area contributed by atoms with Crippen molar-refractivity contribution in [3.8, 4) is 0 Å². The Balaban J connectivity index is 1.46. The van der Waals surface area contributed by atoms with Crippen LogP contribution in [0.25, 0.3) is 0 Å². The summed E-state index contributed by atoms with van der Waals surface area (Å²) in [7, 11) is 0. The summed E-state index contributed by atoms with van der Waals surface area (Å²) in [5.41, 5.74) is -3.67. The molecule has 0 radical (unpaired) electrons. The molecule has 1 spiro atoms. The van der Waals surface area contributed by atoms with Crippen LogP contribution in [0.5, 0.6) is 0 Å². The summed E-state index contributed by atoms with van der Waals surface area (Å²) in [5, 5.41) is 23.7. The number of alkyl halides is 5. The van der Waals surface area contributed by atoms with E-state index in [0.29, 0.717) is 50.0 Å². The van der Waals surface area contributed by atoms with Gasteiger partial charge in [0.25, 0.3) is 0 Å². The molecule has 0 aromatic heterocycles. The van der Waals surface area contributed by atoms with Gasteiger partial charge in [-0.25, -0.2) is 0 Å². The smallest absolute Gasteiger partial charge is 0.385 e. The van der Waals surface area contributed by atoms with Crippen LogP contribution in [0.3, 0.4) is 0 Å². The maximum Gasteiger partial charge on any atom is 0.456 e. The second-order valence-corrected chi connectivity index (χ2v) is 14.9. The highest BCUT2D eigenvalue weighted by atomic mass is 19.4. The van der Waals surface area contributed by atoms with Crippen LogP contribution in [0.1, 0.15) is 101 Å². The Kier molecular flexibility index (Phi) is 6.92. The summed E-state index contributed by atoms with van der Waals surface area (Å²) in [6.07, 6.45) is -4.86. The second kappa shape index (κ2) is 9.56. The SMILES string of the molecule is CC(=O)c1ccc([C@H]2C[C@@]3(C)C(CC[C@@]3(O)C(F)(F)C(F)(F)F)C3CCC4(O)CC5(CCC4=C32)OCC(C)(C)CO5)cc1. The first-order valence-electron chi connectivity index (χ1n) is 15.3. The molecule has 1 aromatic rings. The molecule has 0 bridgehead atoms. The Morgan fingerprint density at radius 2 is 1.56 bits per heavy atom. The van der Waals surface area contributed by atoms with Crippen LogP contribution in [0, 0.1) is 22.7 Å². The zero-order chi connectivity index (χ0) is 31.4. The van der Waals surface area contributed by atoms with Crippen LogP contribution in [-0.2, 0) is 9.47 Å². The van der Waals surface area contributed by atoms with E-state index < -0.39 is 52.8 Å². The molecule has 4 aliphatic carbocycles. The van der Waals surface area contributed by atoms with Gasteiger partial charge < -0.3 is 19.7 Å². The van der Waals surface area contributed by atoms with Gasteiger partial charge in [0.05, 0.1) is 18.8 Å². The van der Waals surface area contributed by atoms with Crippen LogP contribution >= 0.6 is 0 Å². The average Bonchev–Trinajstić information content (AvgIpc) is 3.20. The van der Waals surface area contributed by atoms with Crippen molar-refractivity contribution in [2.45, 2.75) is 114 Å². The molecule has 1 aromatic carbocycles. The number of fused-ring (bicyclic) bond motifs is 4. The lowest BCUT2D eigenvalue weighted by atomic mass is 9.49. The van der Waals surface area contributed by atoms with Crippen molar-refractivity contribution in [1.82, 2.24) is 0 Å². The van der Waals surface area contributed by atoms with E-state index in [0.717, 1.165) is 11.1 Å². The Morgan fingerprint density at radius 1 is 0.930 bits per heavy atom. The van der Waals surface area contributed by atoms with E-state index in [2.05, 4.69) is 0 Å². The summed E-state index contributed by atoms with van der Waals surface area (Å²) in [6.45, 7) is 7.87. The predicted octanol–water partition coefficient (Wildman–Crippen LogP) is 7.11. The van der Waals surface area contributed by atoms with Gasteiger partial charge in [-0.05, 0) is 68.4 Å². The number of ketones is 1. The first kappa shape index (κ1) is 31.1. The summed E-state index contributed by atoms with van der Waals surface area (Å²) in [6, 6.07) is 6.71. The van der Waals surface area contributed by atoms with E-state index in [1.807, 2.05) is 13.8 Å². The lowest BCUT2D eigenvalue weighted by molar-refractivity contribution is -0.362. The number of aliphatic hydroxyl groups is 2. The van der Waals surface area contributed by atoms with Crippen LogP contribution in [0.4, 0.5) is 22.0 Å². The van der Waals surface area contributed by atoms with Crippen molar-refractivity contribution in [3.63, 3.8) is 0 Å². The monoisotopic (exact) mass is 612 g/mol. The minimum atomic E-state index is -5.91. The predicted molar refractivity (Wildman–Crippen MR) is 148 cm³/mol. The lowest BCUT2D eigenvalue weighted by Gasteiger charge is -2.59. The summed E-state index contributed by atoms with van der Waals surface area (Å²) in [4.78, 5) is 12.0. The quantitative estimate of drug-likeness (QED) is 0.216. The number of halogens is 5. The number of carbonyl (C=O) groups is 1. The summed E-state index contributed by atoms with van der Waals surface area (Å²) in [5.74, 6) is -8.02. The van der Waals surface area contributed by atoms with Crippen LogP contribution in [0.2, 0.25) is 0 Å². The number of benzene rings is 1. The highest BCUT2D eigenvalue weighted by molar-refractivity contribution is 5.94. The number of hydrogen-bond donors (Lipinski definition) is 2. The molecular formula is C33H41F5O5. The molecule has 1 aliphatic heterocycles. The molecule has 6 rings (SSSR count). The summed E-state index contributed by atoms with van der Waals surface area (Å²) >= 11 is 0. The van der Waals surface area contributed by atoms with Gasteiger partial charge in [0, 0.05) is 35.2 Å². The Morgan fingerprint density at radius 3 is 2.14 bits per heavy atom. The molecule has 4 fully saturated rings. The molecule has 5 aliphatic rings. The van der Waals surface area contributed by atoms with E-state index >= 15 is 8.78 Å². The van der Waals surface area contributed by atoms with Crippen molar-refractivity contribution in [2.75, 3.05) is 13.2 Å². The van der Waals surface area contributed by atoms with Crippen molar-refractivity contribution < 1.29 is 46.4 Å². The number of hydrogen-bond acceptors (Lipinski definition) is 5.